The maximum Gasteiger partial charge on any atom is 0.212 e. The van der Waals surface area contributed by atoms with E-state index in [0.717, 1.165) is 26.1 Å². The second-order valence-electron chi connectivity index (χ2n) is 5.99. The van der Waals surface area contributed by atoms with Crippen LogP contribution in [0.3, 0.4) is 0 Å². The Balaban J connectivity index is -0.000000107. The normalized spacial score (nSPS) is 18.2. The third-order valence-corrected chi connectivity index (χ3v) is 4.26. The van der Waals surface area contributed by atoms with E-state index in [4.69, 9.17) is 16.6 Å². The zero-order chi connectivity index (χ0) is 22.5. The smallest absolute Gasteiger partial charge is 0.212 e. The lowest BCUT2D eigenvalue weighted by Crippen LogP contribution is -2.33. The first-order valence-corrected chi connectivity index (χ1v) is 11.5. The minimum absolute atomic E-state index is 0. The number of aliphatic imine (C=N–C) groups is 2. The average Bonchev–Trinajstić information content (AvgIpc) is 3.41. The number of guanidine groups is 1. The fraction of sp³-hybridized carbons (Fsp3) is 0.789. The summed E-state index contributed by atoms with van der Waals surface area (Å²) in [5, 5.41) is 18.0. The number of hydrazone groups is 2. The van der Waals surface area contributed by atoms with Gasteiger partial charge >= 0.3 is 0 Å². The molecule has 0 aromatic carbocycles. The highest BCUT2D eigenvalue weighted by Gasteiger charge is 2.17. The number of aliphatic hydroxyl groups excluding tert-OH is 1. The van der Waals surface area contributed by atoms with Crippen molar-refractivity contribution < 1.29 is 5.11 Å². The molecular weight excluding hydrogens is 586 g/mol. The largest absolute Gasteiger partial charge is 0.397 e. The van der Waals surface area contributed by atoms with Gasteiger partial charge in [0.1, 0.15) is 0 Å². The molecule has 0 radical (unpaired) electrons. The molecule has 32 heavy (non-hydrogen) atoms. The molecule has 13 heteroatoms. The number of nitrogens with zero attached hydrogens (tertiary/aromatic N) is 5. The predicted molar refractivity (Wildman–Crippen MR) is 160 cm³/mol. The molecule has 194 valence electrons. The van der Waals surface area contributed by atoms with Crippen molar-refractivity contribution in [1.82, 2.24) is 10.4 Å². The van der Waals surface area contributed by atoms with Crippen LogP contribution >= 0.6 is 60.6 Å². The number of nitrogens with one attached hydrogen (secondary N) is 1. The van der Waals surface area contributed by atoms with Crippen LogP contribution in [0, 0.1) is 11.8 Å². The Morgan fingerprint density at radius 2 is 1.59 bits per heavy atom. The minimum atomic E-state index is 0. The molecule has 0 fully saturated rings. The van der Waals surface area contributed by atoms with Crippen molar-refractivity contribution in [2.24, 2.45) is 43.5 Å². The second kappa shape index (κ2) is 30.5. The third-order valence-electron chi connectivity index (χ3n) is 3.71. The van der Waals surface area contributed by atoms with Crippen LogP contribution in [0.15, 0.2) is 20.2 Å². The van der Waals surface area contributed by atoms with Gasteiger partial charge in [-0.2, -0.15) is 10.2 Å². The SMILES string of the molecule is CCC1C=NNC1.CCN=C(N)N1CC(CC)C=N1.CCN=C(N)SC.CCO.Cl.Cl.I. The molecule has 0 saturated carbocycles. The number of halogens is 3. The molecule has 0 aromatic rings. The summed E-state index contributed by atoms with van der Waals surface area (Å²) in [5.74, 6) is 1.76. The highest BCUT2D eigenvalue weighted by atomic mass is 127. The maximum absolute atomic E-state index is 7.57. The Bertz CT molecular complexity index is 514. The van der Waals surface area contributed by atoms with E-state index < -0.39 is 0 Å². The van der Waals surface area contributed by atoms with Crippen molar-refractivity contribution in [2.45, 2.75) is 47.5 Å². The van der Waals surface area contributed by atoms with Gasteiger partial charge in [0.25, 0.3) is 0 Å². The number of nitrogens with two attached hydrogens (primary N) is 2. The Morgan fingerprint density at radius 1 is 1.06 bits per heavy atom. The molecule has 2 atom stereocenters. The lowest BCUT2D eigenvalue weighted by Gasteiger charge is -2.13. The molecule has 9 nitrogen and oxygen atoms in total. The van der Waals surface area contributed by atoms with Crippen molar-refractivity contribution in [3.63, 3.8) is 0 Å². The summed E-state index contributed by atoms with van der Waals surface area (Å²) in [6.07, 6.45) is 8.14. The topological polar surface area (TPSA) is 137 Å². The van der Waals surface area contributed by atoms with E-state index in [-0.39, 0.29) is 55.4 Å². The summed E-state index contributed by atoms with van der Waals surface area (Å²) < 4.78 is 0. The van der Waals surface area contributed by atoms with Gasteiger partial charge in [-0.1, -0.05) is 25.6 Å². The number of rotatable bonds is 4. The van der Waals surface area contributed by atoms with Gasteiger partial charge in [-0.25, -0.2) is 5.01 Å². The molecule has 0 spiro atoms. The summed E-state index contributed by atoms with van der Waals surface area (Å²) in [6.45, 7) is 13.6. The molecule has 2 aliphatic heterocycles. The van der Waals surface area contributed by atoms with Gasteiger partial charge in [0, 0.05) is 50.5 Å². The van der Waals surface area contributed by atoms with E-state index in [1.54, 1.807) is 11.9 Å². The molecule has 2 rings (SSSR count). The number of hydrogen-bond donors (Lipinski definition) is 4. The van der Waals surface area contributed by atoms with Crippen LogP contribution in [0.2, 0.25) is 0 Å². The summed E-state index contributed by atoms with van der Waals surface area (Å²) in [5.41, 5.74) is 13.9. The first kappa shape index (κ1) is 41.7. The Kier molecular flexibility index (Phi) is 39.8. The monoisotopic (exact) mass is 630 g/mol. The summed E-state index contributed by atoms with van der Waals surface area (Å²) in [7, 11) is 0. The minimum Gasteiger partial charge on any atom is -0.397 e. The molecule has 2 aliphatic rings. The zero-order valence-corrected chi connectivity index (χ0v) is 25.0. The van der Waals surface area contributed by atoms with E-state index in [2.05, 4.69) is 39.5 Å². The average molecular weight is 632 g/mol. The Morgan fingerprint density at radius 3 is 1.88 bits per heavy atom. The lowest BCUT2D eigenvalue weighted by atomic mass is 10.1. The van der Waals surface area contributed by atoms with Gasteiger partial charge in [0.15, 0.2) is 5.17 Å². The molecule has 6 N–H and O–H groups in total. The number of hydrogen-bond acceptors (Lipinski definition) is 7. The van der Waals surface area contributed by atoms with Gasteiger partial charge in [-0.15, -0.1) is 48.8 Å². The second-order valence-corrected chi connectivity index (χ2v) is 6.82. The van der Waals surface area contributed by atoms with E-state index in [0.29, 0.717) is 29.5 Å². The van der Waals surface area contributed by atoms with E-state index in [1.165, 1.54) is 18.2 Å². The highest BCUT2D eigenvalue weighted by molar-refractivity contribution is 14.0. The van der Waals surface area contributed by atoms with Gasteiger partial charge in [0.05, 0.1) is 6.54 Å². The molecule has 2 heterocycles. The highest BCUT2D eigenvalue weighted by Crippen LogP contribution is 2.10. The van der Waals surface area contributed by atoms with Crippen LogP contribution in [0.1, 0.15) is 47.5 Å². The molecular formula is C19H45Cl2IN8OS. The van der Waals surface area contributed by atoms with Crippen LogP contribution < -0.4 is 16.9 Å². The van der Waals surface area contributed by atoms with Crippen LogP contribution in [0.25, 0.3) is 0 Å². The van der Waals surface area contributed by atoms with Crippen LogP contribution in [-0.2, 0) is 0 Å². The molecule has 0 amide bonds. The van der Waals surface area contributed by atoms with Crippen molar-refractivity contribution in [3.8, 4) is 0 Å². The van der Waals surface area contributed by atoms with E-state index in [9.17, 15) is 0 Å². The molecule has 2 unspecified atom stereocenters. The van der Waals surface area contributed by atoms with E-state index in [1.807, 2.05) is 32.5 Å². The third kappa shape index (κ3) is 24.1. The van der Waals surface area contributed by atoms with Crippen LogP contribution in [0.4, 0.5) is 0 Å². The predicted octanol–water partition coefficient (Wildman–Crippen LogP) is 3.39. The summed E-state index contributed by atoms with van der Waals surface area (Å²) >= 11 is 1.48. The van der Waals surface area contributed by atoms with Crippen molar-refractivity contribution in [3.05, 3.63) is 0 Å². The number of thioether (sulfide) groups is 1. The summed E-state index contributed by atoms with van der Waals surface area (Å²) in [6, 6.07) is 0. The van der Waals surface area contributed by atoms with Gasteiger partial charge in [0.2, 0.25) is 5.96 Å². The Labute approximate surface area is 228 Å². The van der Waals surface area contributed by atoms with Crippen molar-refractivity contribution in [1.29, 1.82) is 0 Å². The van der Waals surface area contributed by atoms with Crippen molar-refractivity contribution >= 4 is 84.1 Å². The fourth-order valence-corrected chi connectivity index (χ4v) is 2.23. The number of aliphatic hydroxyl groups is 1. The summed E-state index contributed by atoms with van der Waals surface area (Å²) in [4.78, 5) is 7.98. The Hall–Kier alpha value is -0.500. The molecule has 0 aromatic heterocycles. The molecule has 0 aliphatic carbocycles. The van der Waals surface area contributed by atoms with Gasteiger partial charge in [-0.3, -0.25) is 9.98 Å². The van der Waals surface area contributed by atoms with Gasteiger partial charge in [-0.05, 0) is 39.9 Å². The number of amidine groups is 1. The van der Waals surface area contributed by atoms with Crippen molar-refractivity contribution in [2.75, 3.05) is 39.0 Å². The zero-order valence-electron chi connectivity index (χ0n) is 20.2. The molecule has 0 saturated heterocycles. The van der Waals surface area contributed by atoms with Gasteiger partial charge < -0.3 is 22.0 Å². The quantitative estimate of drug-likeness (QED) is 0.213. The first-order valence-electron chi connectivity index (χ1n) is 10.3. The standard InChI is InChI=1S/C8H16N4.C5H10N2.C4H10N2S.C2H6O.2ClH.HI/c1-3-7-5-11-12(6-7)8(9)10-4-2;1-2-5-3-6-7-4-5;1-3-6-4(5)7-2;1-2-3;;;/h5,7H,3-4,6H2,1-2H3,(H2,9,10);3,5,7H,2,4H2,1H3;3H2,1-2H3,(H2,5,6);3H,2H2,1H3;3*1H. The maximum atomic E-state index is 7.57. The fourth-order valence-electron chi connectivity index (χ4n) is 1.97. The first-order chi connectivity index (χ1) is 13.9. The van der Waals surface area contributed by atoms with E-state index >= 15 is 0 Å². The lowest BCUT2D eigenvalue weighted by molar-refractivity contribution is 0.318. The van der Waals surface area contributed by atoms with Crippen LogP contribution in [-0.4, -0.2) is 72.7 Å². The van der Waals surface area contributed by atoms with Crippen LogP contribution in [0.5, 0.6) is 0 Å². The molecule has 0 bridgehead atoms.